The summed E-state index contributed by atoms with van der Waals surface area (Å²) < 4.78 is 0. The number of hydrogen-bond donors (Lipinski definition) is 2. The van der Waals surface area contributed by atoms with Gasteiger partial charge >= 0.3 is 0 Å². The third-order valence-electron chi connectivity index (χ3n) is 2.73. The number of nitrogens with one attached hydrogen (secondary N) is 2. The second-order valence-corrected chi connectivity index (χ2v) is 4.23. The van der Waals surface area contributed by atoms with Gasteiger partial charge in [-0.15, -0.1) is 0 Å². The molecule has 1 atom stereocenters. The molecule has 2 amide bonds. The quantitative estimate of drug-likeness (QED) is 0.746. The third kappa shape index (κ3) is 2.05. The number of benzene rings is 1. The maximum atomic E-state index is 11.7. The Morgan fingerprint density at radius 3 is 2.62 bits per heavy atom. The van der Waals surface area contributed by atoms with E-state index in [9.17, 15) is 9.59 Å². The zero-order valence-corrected chi connectivity index (χ0v) is 9.12. The van der Waals surface area contributed by atoms with Gasteiger partial charge in [-0.2, -0.15) is 0 Å². The molecule has 1 aliphatic heterocycles. The molecule has 16 heavy (non-hydrogen) atoms. The fraction of sp³-hybridized carbons (Fsp3) is 0.333. The van der Waals surface area contributed by atoms with Crippen LogP contribution in [-0.4, -0.2) is 23.9 Å². The Morgan fingerprint density at radius 1 is 1.25 bits per heavy atom. The summed E-state index contributed by atoms with van der Waals surface area (Å²) >= 11 is 0. The van der Waals surface area contributed by atoms with E-state index < -0.39 is 5.54 Å². The highest BCUT2D eigenvalue weighted by atomic mass is 16.2. The average Bonchev–Trinajstić information content (AvgIpc) is 2.25. The molecule has 0 aliphatic carbocycles. The zero-order valence-electron chi connectivity index (χ0n) is 9.12. The molecule has 1 aromatic carbocycles. The van der Waals surface area contributed by atoms with Gasteiger partial charge in [-0.05, 0) is 12.5 Å². The zero-order chi connectivity index (χ0) is 11.6. The van der Waals surface area contributed by atoms with E-state index in [1.54, 1.807) is 6.92 Å². The van der Waals surface area contributed by atoms with Crippen molar-refractivity contribution in [3.05, 3.63) is 35.9 Å². The summed E-state index contributed by atoms with van der Waals surface area (Å²) in [7, 11) is 0. The van der Waals surface area contributed by atoms with Crippen molar-refractivity contribution in [1.29, 1.82) is 0 Å². The first-order valence-corrected chi connectivity index (χ1v) is 5.23. The van der Waals surface area contributed by atoms with Crippen molar-refractivity contribution in [2.24, 2.45) is 0 Å². The summed E-state index contributed by atoms with van der Waals surface area (Å²) in [5.74, 6) is -0.269. The lowest BCUT2D eigenvalue weighted by Crippen LogP contribution is -2.65. The molecule has 0 bridgehead atoms. The van der Waals surface area contributed by atoms with Crippen LogP contribution in [0.25, 0.3) is 0 Å². The molecule has 0 saturated carbocycles. The van der Waals surface area contributed by atoms with Crippen LogP contribution in [0.2, 0.25) is 0 Å². The van der Waals surface area contributed by atoms with Crippen LogP contribution < -0.4 is 10.6 Å². The van der Waals surface area contributed by atoms with E-state index in [1.165, 1.54) is 0 Å². The lowest BCUT2D eigenvalue weighted by molar-refractivity contribution is -0.137. The van der Waals surface area contributed by atoms with Gasteiger partial charge in [-0.25, -0.2) is 0 Å². The highest BCUT2D eigenvalue weighted by Crippen LogP contribution is 2.15. The fourth-order valence-corrected chi connectivity index (χ4v) is 1.89. The molecule has 84 valence electrons. The van der Waals surface area contributed by atoms with Crippen LogP contribution >= 0.6 is 0 Å². The Balaban J connectivity index is 2.18. The van der Waals surface area contributed by atoms with Gasteiger partial charge in [0.1, 0.15) is 5.54 Å². The van der Waals surface area contributed by atoms with E-state index in [-0.39, 0.29) is 18.4 Å². The number of rotatable bonds is 2. The predicted molar refractivity (Wildman–Crippen MR) is 59.7 cm³/mol. The molecule has 1 aliphatic rings. The van der Waals surface area contributed by atoms with Gasteiger partial charge in [0.05, 0.1) is 6.54 Å². The molecule has 0 aromatic heterocycles. The Morgan fingerprint density at radius 2 is 1.94 bits per heavy atom. The average molecular weight is 218 g/mol. The van der Waals surface area contributed by atoms with E-state index in [0.717, 1.165) is 5.56 Å². The van der Waals surface area contributed by atoms with Gasteiger partial charge in [0.2, 0.25) is 11.8 Å². The lowest BCUT2D eigenvalue weighted by atomic mass is 9.90. The second-order valence-electron chi connectivity index (χ2n) is 4.23. The Labute approximate surface area is 94.0 Å². The molecule has 2 N–H and O–H groups in total. The minimum atomic E-state index is -0.837. The van der Waals surface area contributed by atoms with Gasteiger partial charge in [0, 0.05) is 6.42 Å². The Hall–Kier alpha value is -1.84. The van der Waals surface area contributed by atoms with Gasteiger partial charge in [0.15, 0.2) is 0 Å². The number of amides is 2. The van der Waals surface area contributed by atoms with Crippen molar-refractivity contribution in [2.45, 2.75) is 18.9 Å². The monoisotopic (exact) mass is 218 g/mol. The number of carbonyl (C=O) groups is 2. The standard InChI is InChI=1S/C12H14N2O2/c1-12(7-9-5-3-2-4-6-9)11(16)13-8-10(15)14-12/h2-6H,7-8H2,1H3,(H,13,16)(H,14,15). The first kappa shape index (κ1) is 10.7. The molecular weight excluding hydrogens is 204 g/mol. The molecule has 1 unspecified atom stereocenters. The molecule has 1 aromatic rings. The van der Waals surface area contributed by atoms with Crippen molar-refractivity contribution >= 4 is 11.8 Å². The van der Waals surface area contributed by atoms with Gasteiger partial charge in [0.25, 0.3) is 0 Å². The summed E-state index contributed by atoms with van der Waals surface area (Å²) in [5, 5.41) is 5.33. The maximum Gasteiger partial charge on any atom is 0.246 e. The van der Waals surface area contributed by atoms with E-state index >= 15 is 0 Å². The van der Waals surface area contributed by atoms with E-state index in [2.05, 4.69) is 10.6 Å². The highest BCUT2D eigenvalue weighted by Gasteiger charge is 2.38. The Kier molecular flexibility index (Phi) is 2.64. The Bertz CT molecular complexity index is 416. The molecule has 0 radical (unpaired) electrons. The fourth-order valence-electron chi connectivity index (χ4n) is 1.89. The largest absolute Gasteiger partial charge is 0.345 e. The summed E-state index contributed by atoms with van der Waals surface area (Å²) in [6.45, 7) is 1.82. The minimum absolute atomic E-state index is 0.0726. The normalized spacial score (nSPS) is 24.8. The molecule has 2 rings (SSSR count). The summed E-state index contributed by atoms with van der Waals surface area (Å²) in [4.78, 5) is 23.0. The van der Waals surface area contributed by atoms with Gasteiger partial charge < -0.3 is 10.6 Å². The van der Waals surface area contributed by atoms with Crippen molar-refractivity contribution in [2.75, 3.05) is 6.54 Å². The topological polar surface area (TPSA) is 58.2 Å². The second kappa shape index (κ2) is 3.96. The van der Waals surface area contributed by atoms with E-state index in [1.807, 2.05) is 30.3 Å². The summed E-state index contributed by atoms with van der Waals surface area (Å²) in [6, 6.07) is 9.65. The van der Waals surface area contributed by atoms with Crippen LogP contribution in [0, 0.1) is 0 Å². The van der Waals surface area contributed by atoms with Gasteiger partial charge in [-0.3, -0.25) is 9.59 Å². The van der Waals surface area contributed by atoms with E-state index in [0.29, 0.717) is 6.42 Å². The summed E-state index contributed by atoms with van der Waals surface area (Å²) in [5.41, 5.74) is 0.193. The molecule has 1 saturated heterocycles. The van der Waals surface area contributed by atoms with Crippen LogP contribution in [0.1, 0.15) is 12.5 Å². The first-order chi connectivity index (χ1) is 7.60. The molecule has 0 spiro atoms. The van der Waals surface area contributed by atoms with Crippen molar-refractivity contribution < 1.29 is 9.59 Å². The lowest BCUT2D eigenvalue weighted by Gasteiger charge is -2.33. The first-order valence-electron chi connectivity index (χ1n) is 5.23. The third-order valence-corrected chi connectivity index (χ3v) is 2.73. The smallest absolute Gasteiger partial charge is 0.246 e. The van der Waals surface area contributed by atoms with Crippen LogP contribution in [0.4, 0.5) is 0 Å². The molecular formula is C12H14N2O2. The molecule has 4 nitrogen and oxygen atoms in total. The van der Waals surface area contributed by atoms with Crippen molar-refractivity contribution in [1.82, 2.24) is 10.6 Å². The number of hydrogen-bond acceptors (Lipinski definition) is 2. The molecule has 4 heteroatoms. The highest BCUT2D eigenvalue weighted by molar-refractivity contribution is 5.97. The van der Waals surface area contributed by atoms with Crippen molar-refractivity contribution in [3.63, 3.8) is 0 Å². The maximum absolute atomic E-state index is 11.7. The SMILES string of the molecule is CC1(Cc2ccccc2)NC(=O)CNC1=O. The summed E-state index contributed by atoms with van der Waals surface area (Å²) in [6.07, 6.45) is 0.505. The number of carbonyl (C=O) groups excluding carboxylic acids is 2. The van der Waals surface area contributed by atoms with Crippen LogP contribution in [-0.2, 0) is 16.0 Å². The predicted octanol–water partition coefficient (Wildman–Crippen LogP) is 0.234. The molecule has 1 heterocycles. The number of piperazine rings is 1. The minimum Gasteiger partial charge on any atom is -0.345 e. The van der Waals surface area contributed by atoms with E-state index in [4.69, 9.17) is 0 Å². The van der Waals surface area contributed by atoms with Crippen LogP contribution in [0.15, 0.2) is 30.3 Å². The van der Waals surface area contributed by atoms with Crippen LogP contribution in [0.5, 0.6) is 0 Å². The molecule has 1 fully saturated rings. The van der Waals surface area contributed by atoms with Crippen molar-refractivity contribution in [3.8, 4) is 0 Å². The van der Waals surface area contributed by atoms with Gasteiger partial charge in [-0.1, -0.05) is 30.3 Å². The van der Waals surface area contributed by atoms with Crippen LogP contribution in [0.3, 0.4) is 0 Å².